The maximum Gasteiger partial charge on any atom is 0.422 e. The van der Waals surface area contributed by atoms with Gasteiger partial charge in [0.05, 0.1) is 0 Å². The highest BCUT2D eigenvalue weighted by Gasteiger charge is 2.28. The molecule has 1 aromatic rings. The van der Waals surface area contributed by atoms with Crippen LogP contribution in [0.2, 0.25) is 0 Å². The molecule has 1 heterocycles. The molecule has 6 nitrogen and oxygen atoms in total. The first-order valence-corrected chi connectivity index (χ1v) is 8.61. The van der Waals surface area contributed by atoms with Crippen LogP contribution in [0.15, 0.2) is 23.3 Å². The van der Waals surface area contributed by atoms with E-state index in [1.54, 1.807) is 13.1 Å². The number of hydrogen-bond acceptors (Lipinski definition) is 4. The van der Waals surface area contributed by atoms with Crippen LogP contribution in [-0.2, 0) is 11.3 Å². The summed E-state index contributed by atoms with van der Waals surface area (Å²) >= 11 is 0. The number of aromatic nitrogens is 1. The van der Waals surface area contributed by atoms with E-state index in [2.05, 4.69) is 32.3 Å². The molecule has 0 aliphatic rings. The normalized spacial score (nSPS) is 12.1. The van der Waals surface area contributed by atoms with Crippen LogP contribution in [0.3, 0.4) is 0 Å². The number of alkyl halides is 3. The van der Waals surface area contributed by atoms with E-state index in [1.165, 1.54) is 12.3 Å². The Labute approximate surface area is 152 Å². The third-order valence-electron chi connectivity index (χ3n) is 3.27. The van der Waals surface area contributed by atoms with Gasteiger partial charge in [0.15, 0.2) is 12.6 Å². The number of aliphatic imine (C=N–C) groups is 1. The number of halogens is 3. The molecule has 1 aromatic heterocycles. The van der Waals surface area contributed by atoms with Crippen molar-refractivity contribution < 1.29 is 22.6 Å². The van der Waals surface area contributed by atoms with Crippen molar-refractivity contribution in [3.8, 4) is 5.88 Å². The van der Waals surface area contributed by atoms with Gasteiger partial charge in [-0.2, -0.15) is 13.2 Å². The lowest BCUT2D eigenvalue weighted by Gasteiger charge is -2.12. The third-order valence-corrected chi connectivity index (χ3v) is 3.27. The molecule has 0 fully saturated rings. The molecular weight excluding hydrogens is 349 g/mol. The summed E-state index contributed by atoms with van der Waals surface area (Å²) in [6, 6.07) is 3.06. The van der Waals surface area contributed by atoms with Crippen molar-refractivity contribution in [2.75, 3.05) is 33.4 Å². The van der Waals surface area contributed by atoms with E-state index in [4.69, 9.17) is 4.74 Å². The van der Waals surface area contributed by atoms with E-state index < -0.39 is 12.8 Å². The summed E-state index contributed by atoms with van der Waals surface area (Å²) in [7, 11) is 1.67. The van der Waals surface area contributed by atoms with Gasteiger partial charge in [0.25, 0.3) is 0 Å². The standard InChI is InChI=1S/C17H27F3N4O2/c1-3-4-9-25-10-5-8-22-16(21-2)24-12-14-6-7-15(23-11-14)26-13-17(18,19)20/h6-7,11H,3-5,8-10,12-13H2,1-2H3,(H2,21,22,24). The maximum absolute atomic E-state index is 12.1. The predicted octanol–water partition coefficient (Wildman–Crippen LogP) is 2.89. The van der Waals surface area contributed by atoms with E-state index >= 15 is 0 Å². The van der Waals surface area contributed by atoms with Crippen molar-refractivity contribution in [3.63, 3.8) is 0 Å². The fourth-order valence-electron chi connectivity index (χ4n) is 1.89. The molecule has 1 rings (SSSR count). The first-order chi connectivity index (χ1) is 12.4. The van der Waals surface area contributed by atoms with E-state index in [1.807, 2.05) is 0 Å². The van der Waals surface area contributed by atoms with Gasteiger partial charge < -0.3 is 20.1 Å². The van der Waals surface area contributed by atoms with E-state index in [0.717, 1.165) is 38.0 Å². The highest BCUT2D eigenvalue weighted by molar-refractivity contribution is 5.79. The molecule has 0 spiro atoms. The summed E-state index contributed by atoms with van der Waals surface area (Å²) in [5.41, 5.74) is 0.801. The van der Waals surface area contributed by atoms with E-state index in [0.29, 0.717) is 19.1 Å². The zero-order valence-electron chi connectivity index (χ0n) is 15.2. The molecule has 0 radical (unpaired) electrons. The molecule has 2 N–H and O–H groups in total. The van der Waals surface area contributed by atoms with E-state index in [9.17, 15) is 13.2 Å². The van der Waals surface area contributed by atoms with Gasteiger partial charge in [0.2, 0.25) is 5.88 Å². The minimum Gasteiger partial charge on any atom is -0.468 e. The summed E-state index contributed by atoms with van der Waals surface area (Å²) in [4.78, 5) is 7.97. The number of pyridine rings is 1. The molecule has 9 heteroatoms. The molecule has 0 aliphatic carbocycles. The molecule has 0 unspecified atom stereocenters. The van der Waals surface area contributed by atoms with Gasteiger partial charge >= 0.3 is 6.18 Å². The summed E-state index contributed by atoms with van der Waals surface area (Å²) in [5, 5.41) is 6.28. The second-order valence-electron chi connectivity index (χ2n) is 5.58. The average Bonchev–Trinajstić information content (AvgIpc) is 2.62. The Morgan fingerprint density at radius 3 is 2.58 bits per heavy atom. The first-order valence-electron chi connectivity index (χ1n) is 8.61. The summed E-state index contributed by atoms with van der Waals surface area (Å²) in [6.07, 6.45) is 0.162. The zero-order chi connectivity index (χ0) is 19.3. The number of hydrogen-bond donors (Lipinski definition) is 2. The van der Waals surface area contributed by atoms with Crippen LogP contribution in [0.4, 0.5) is 13.2 Å². The summed E-state index contributed by atoms with van der Waals surface area (Å²) < 4.78 is 46.3. The highest BCUT2D eigenvalue weighted by atomic mass is 19.4. The second kappa shape index (κ2) is 12.3. The summed E-state index contributed by atoms with van der Waals surface area (Å²) in [5.74, 6) is 0.576. The van der Waals surface area contributed by atoms with Crippen LogP contribution in [0, 0.1) is 0 Å². The van der Waals surface area contributed by atoms with Crippen molar-refractivity contribution in [1.29, 1.82) is 0 Å². The first kappa shape index (κ1) is 22.0. The van der Waals surface area contributed by atoms with Crippen molar-refractivity contribution >= 4 is 5.96 Å². The predicted molar refractivity (Wildman–Crippen MR) is 94.3 cm³/mol. The van der Waals surface area contributed by atoms with Gasteiger partial charge in [-0.15, -0.1) is 0 Å². The minimum absolute atomic E-state index is 0.0587. The lowest BCUT2D eigenvalue weighted by atomic mass is 10.3. The van der Waals surface area contributed by atoms with Crippen molar-refractivity contribution in [3.05, 3.63) is 23.9 Å². The number of nitrogens with one attached hydrogen (secondary N) is 2. The molecule has 0 saturated heterocycles. The minimum atomic E-state index is -4.37. The van der Waals surface area contributed by atoms with Crippen molar-refractivity contribution in [2.45, 2.75) is 38.9 Å². The largest absolute Gasteiger partial charge is 0.468 e. The van der Waals surface area contributed by atoms with Gasteiger partial charge in [0.1, 0.15) is 0 Å². The van der Waals surface area contributed by atoms with Gasteiger partial charge in [0, 0.05) is 45.6 Å². The number of unbranched alkanes of at least 4 members (excludes halogenated alkanes) is 1. The molecule has 148 valence electrons. The van der Waals surface area contributed by atoms with Crippen LogP contribution < -0.4 is 15.4 Å². The smallest absolute Gasteiger partial charge is 0.422 e. The Morgan fingerprint density at radius 2 is 1.96 bits per heavy atom. The Morgan fingerprint density at radius 1 is 1.19 bits per heavy atom. The Hall–Kier alpha value is -2.03. The van der Waals surface area contributed by atoms with Gasteiger partial charge in [-0.1, -0.05) is 19.4 Å². The topological polar surface area (TPSA) is 67.8 Å². The molecule has 0 bridgehead atoms. The average molecular weight is 376 g/mol. The Bertz CT molecular complexity index is 522. The lowest BCUT2D eigenvalue weighted by molar-refractivity contribution is -0.154. The Kier molecular flexibility index (Phi) is 10.5. The van der Waals surface area contributed by atoms with Gasteiger partial charge in [-0.05, 0) is 18.4 Å². The number of ether oxygens (including phenoxy) is 2. The maximum atomic E-state index is 12.1. The molecule has 0 aliphatic heterocycles. The second-order valence-corrected chi connectivity index (χ2v) is 5.58. The quantitative estimate of drug-likeness (QED) is 0.353. The van der Waals surface area contributed by atoms with Crippen LogP contribution in [-0.4, -0.2) is 50.5 Å². The molecule has 0 aromatic carbocycles. The van der Waals surface area contributed by atoms with Crippen molar-refractivity contribution in [2.24, 2.45) is 4.99 Å². The third kappa shape index (κ3) is 10.8. The van der Waals surface area contributed by atoms with Crippen LogP contribution in [0.1, 0.15) is 31.7 Å². The van der Waals surface area contributed by atoms with Crippen molar-refractivity contribution in [1.82, 2.24) is 15.6 Å². The van der Waals surface area contributed by atoms with Crippen LogP contribution in [0.5, 0.6) is 5.88 Å². The zero-order valence-corrected chi connectivity index (χ0v) is 15.2. The fourth-order valence-corrected chi connectivity index (χ4v) is 1.89. The molecule has 0 amide bonds. The number of guanidine groups is 1. The lowest BCUT2D eigenvalue weighted by Crippen LogP contribution is -2.37. The molecule has 0 saturated carbocycles. The van der Waals surface area contributed by atoms with Crippen LogP contribution in [0.25, 0.3) is 0 Å². The summed E-state index contributed by atoms with van der Waals surface area (Å²) in [6.45, 7) is 3.44. The van der Waals surface area contributed by atoms with E-state index in [-0.39, 0.29) is 5.88 Å². The SMILES string of the molecule is CCCCOCCCNC(=NC)NCc1ccc(OCC(F)(F)F)nc1. The number of rotatable bonds is 11. The number of nitrogens with zero attached hydrogens (tertiary/aromatic N) is 2. The fraction of sp³-hybridized carbons (Fsp3) is 0.647. The molecule has 0 atom stereocenters. The molecular formula is C17H27F3N4O2. The Balaban J connectivity index is 2.24. The highest BCUT2D eigenvalue weighted by Crippen LogP contribution is 2.16. The van der Waals surface area contributed by atoms with Crippen LogP contribution >= 0.6 is 0 Å². The monoisotopic (exact) mass is 376 g/mol. The molecule has 26 heavy (non-hydrogen) atoms. The van der Waals surface area contributed by atoms with Gasteiger partial charge in [-0.25, -0.2) is 4.98 Å². The van der Waals surface area contributed by atoms with Gasteiger partial charge in [-0.3, -0.25) is 4.99 Å².